The molecule has 1 aliphatic carbocycles. The molecule has 0 radical (unpaired) electrons. The van der Waals surface area contributed by atoms with E-state index in [1.165, 1.54) is 30.0 Å². The summed E-state index contributed by atoms with van der Waals surface area (Å²) in [4.78, 5) is 13.3. The summed E-state index contributed by atoms with van der Waals surface area (Å²) in [7, 11) is -1.96. The molecule has 1 fully saturated rings. The molecule has 40 heavy (non-hydrogen) atoms. The number of aromatic carboxylic acids is 1. The first-order chi connectivity index (χ1) is 19.1. The molecule has 216 valence electrons. The van der Waals surface area contributed by atoms with E-state index in [9.17, 15) is 18.3 Å². The van der Waals surface area contributed by atoms with Crippen molar-refractivity contribution in [1.29, 1.82) is 0 Å². The number of likely N-dealkylation sites (N-methyl/N-ethyl adjacent to an activating group) is 1. The van der Waals surface area contributed by atoms with E-state index in [2.05, 4.69) is 16.7 Å². The molecule has 0 saturated heterocycles. The van der Waals surface area contributed by atoms with Crippen LogP contribution in [0.4, 0.5) is 0 Å². The van der Waals surface area contributed by atoms with E-state index in [4.69, 9.17) is 9.84 Å². The Morgan fingerprint density at radius 1 is 1.18 bits per heavy atom. The monoisotopic (exact) mass is 568 g/mol. The zero-order valence-corrected chi connectivity index (χ0v) is 24.4. The number of benzene rings is 2. The van der Waals surface area contributed by atoms with Crippen molar-refractivity contribution < 1.29 is 28.2 Å². The summed E-state index contributed by atoms with van der Waals surface area (Å²) in [5.74, 6) is 6.27. The molecule has 1 unspecified atom stereocenters. The van der Waals surface area contributed by atoms with E-state index < -0.39 is 22.0 Å². The summed E-state index contributed by atoms with van der Waals surface area (Å²) in [5, 5.41) is 19.0. The molecule has 2 N–H and O–H groups in total. The first-order valence-electron chi connectivity index (χ1n) is 14.0. The highest BCUT2D eigenvalue weighted by Crippen LogP contribution is 2.34. The van der Waals surface area contributed by atoms with Crippen molar-refractivity contribution in [2.45, 2.75) is 69.5 Å². The molecule has 2 aromatic carbocycles. The van der Waals surface area contributed by atoms with Crippen molar-refractivity contribution in [2.75, 3.05) is 26.7 Å². The van der Waals surface area contributed by atoms with Crippen LogP contribution in [-0.2, 0) is 16.6 Å². The summed E-state index contributed by atoms with van der Waals surface area (Å²) in [5.41, 5.74) is 1.92. The Kier molecular flexibility index (Phi) is 9.90. The molecule has 2 aliphatic rings. The summed E-state index contributed by atoms with van der Waals surface area (Å²) >= 11 is 0. The first kappa shape index (κ1) is 30.1. The number of ether oxygens (including phenoxy) is 1. The number of hydrogen-bond acceptors (Lipinski definition) is 6. The second-order valence-corrected chi connectivity index (χ2v) is 13.1. The Bertz CT molecular complexity index is 1340. The fraction of sp³-hybridized carbons (Fsp3) is 0.516. The minimum Gasteiger partial charge on any atom is -0.487 e. The van der Waals surface area contributed by atoms with Crippen molar-refractivity contribution in [3.63, 3.8) is 0 Å². The third kappa shape index (κ3) is 7.24. The van der Waals surface area contributed by atoms with Gasteiger partial charge in [0, 0.05) is 43.6 Å². The quantitative estimate of drug-likeness (QED) is 0.459. The normalized spacial score (nSPS) is 21.9. The second kappa shape index (κ2) is 13.2. The first-order valence-corrected chi connectivity index (χ1v) is 15.5. The van der Waals surface area contributed by atoms with Gasteiger partial charge < -0.3 is 14.9 Å². The summed E-state index contributed by atoms with van der Waals surface area (Å²) in [6.07, 6.45) is 5.47. The van der Waals surface area contributed by atoms with E-state index in [0.717, 1.165) is 12.0 Å². The van der Waals surface area contributed by atoms with Crippen LogP contribution in [0.15, 0.2) is 47.4 Å². The highest BCUT2D eigenvalue weighted by molar-refractivity contribution is 7.89. The molecule has 3 atom stereocenters. The summed E-state index contributed by atoms with van der Waals surface area (Å²) in [6, 6.07) is 11.2. The highest BCUT2D eigenvalue weighted by atomic mass is 32.2. The van der Waals surface area contributed by atoms with Gasteiger partial charge in [-0.05, 0) is 68.6 Å². The van der Waals surface area contributed by atoms with Crippen molar-refractivity contribution in [2.24, 2.45) is 11.8 Å². The van der Waals surface area contributed by atoms with E-state index in [-0.39, 0.29) is 41.4 Å². The maximum atomic E-state index is 13.7. The predicted molar refractivity (Wildman–Crippen MR) is 154 cm³/mol. The molecule has 0 amide bonds. The molecule has 1 heterocycles. The van der Waals surface area contributed by atoms with Gasteiger partial charge >= 0.3 is 5.97 Å². The van der Waals surface area contributed by atoms with Gasteiger partial charge in [0.2, 0.25) is 10.0 Å². The number of carboxylic acid groups (broad SMARTS) is 1. The number of rotatable bonds is 8. The molecule has 1 saturated carbocycles. The lowest BCUT2D eigenvalue weighted by molar-refractivity contribution is 0.0697. The predicted octanol–water partition coefficient (Wildman–Crippen LogP) is 4.22. The molecule has 1 aliphatic heterocycles. The number of aliphatic hydroxyl groups is 1. The number of aliphatic hydroxyl groups excluding tert-OH is 1. The lowest BCUT2D eigenvalue weighted by atomic mass is 10.0. The van der Waals surface area contributed by atoms with Crippen LogP contribution in [0.5, 0.6) is 5.75 Å². The Morgan fingerprint density at radius 3 is 2.52 bits per heavy atom. The van der Waals surface area contributed by atoms with Gasteiger partial charge in [0.25, 0.3) is 0 Å². The molecule has 2 aromatic rings. The van der Waals surface area contributed by atoms with E-state index in [1.54, 1.807) is 49.4 Å². The topological polar surface area (TPSA) is 107 Å². The maximum Gasteiger partial charge on any atom is 0.335 e. The number of hydrogen-bond donors (Lipinski definition) is 2. The molecule has 4 rings (SSSR count). The van der Waals surface area contributed by atoms with Crippen LogP contribution in [0.1, 0.15) is 67.4 Å². The SMILES string of the molecule is C[C@@H]1CN([C@H](C)CO)S(=O)(=O)c2ccc(C#CCC3CCCC3)cc2OC1CN(C)Cc1ccc(C(=O)O)cc1. The van der Waals surface area contributed by atoms with Gasteiger partial charge in [-0.3, -0.25) is 4.90 Å². The van der Waals surface area contributed by atoms with Gasteiger partial charge in [0.15, 0.2) is 0 Å². The minimum atomic E-state index is -3.91. The van der Waals surface area contributed by atoms with E-state index in [1.807, 2.05) is 14.0 Å². The minimum absolute atomic E-state index is 0.0814. The standard InChI is InChI=1S/C31H40N2O6S/c1-22-18-33(23(2)21-34)40(37,38)30-16-13-25(10-6-9-24-7-4-5-8-24)17-28(30)39-29(22)20-32(3)19-26-11-14-27(15-12-26)31(35)36/h11-17,22-24,29,34H,4-5,7-9,18-21H2,1-3H3,(H,35,36)/t22-,23-,29?/m1/s1. The summed E-state index contributed by atoms with van der Waals surface area (Å²) < 4.78 is 35.3. The van der Waals surface area contributed by atoms with E-state index >= 15 is 0 Å². The number of sulfonamides is 1. The van der Waals surface area contributed by atoms with Gasteiger partial charge in [-0.2, -0.15) is 4.31 Å². The lowest BCUT2D eigenvalue weighted by Crippen LogP contribution is -2.49. The van der Waals surface area contributed by atoms with Crippen LogP contribution in [0.2, 0.25) is 0 Å². The fourth-order valence-corrected chi connectivity index (χ4v) is 7.30. The van der Waals surface area contributed by atoms with Gasteiger partial charge in [-0.25, -0.2) is 13.2 Å². The van der Waals surface area contributed by atoms with Crippen LogP contribution in [-0.4, -0.2) is 72.7 Å². The van der Waals surface area contributed by atoms with Crippen molar-refractivity contribution in [1.82, 2.24) is 9.21 Å². The molecule has 9 heteroatoms. The van der Waals surface area contributed by atoms with Crippen molar-refractivity contribution >= 4 is 16.0 Å². The van der Waals surface area contributed by atoms with Crippen LogP contribution in [0.25, 0.3) is 0 Å². The Labute approximate surface area is 238 Å². The second-order valence-electron chi connectivity index (χ2n) is 11.3. The third-order valence-corrected chi connectivity index (χ3v) is 9.93. The lowest BCUT2D eigenvalue weighted by Gasteiger charge is -2.37. The van der Waals surface area contributed by atoms with E-state index in [0.29, 0.717) is 24.6 Å². The van der Waals surface area contributed by atoms with Crippen molar-refractivity contribution in [3.05, 3.63) is 59.2 Å². The van der Waals surface area contributed by atoms with Gasteiger partial charge in [0.1, 0.15) is 16.7 Å². The highest BCUT2D eigenvalue weighted by Gasteiger charge is 2.38. The maximum absolute atomic E-state index is 13.7. The van der Waals surface area contributed by atoms with Gasteiger partial charge in [-0.1, -0.05) is 43.7 Å². The smallest absolute Gasteiger partial charge is 0.335 e. The molecular formula is C31H40N2O6S. The van der Waals surface area contributed by atoms with Gasteiger partial charge in [-0.15, -0.1) is 0 Å². The number of carboxylic acids is 1. The molecule has 8 nitrogen and oxygen atoms in total. The molecule has 0 aromatic heterocycles. The molecular weight excluding hydrogens is 528 g/mol. The Morgan fingerprint density at radius 2 is 1.88 bits per heavy atom. The fourth-order valence-electron chi connectivity index (χ4n) is 5.47. The number of nitrogens with zero attached hydrogens (tertiary/aromatic N) is 2. The average Bonchev–Trinajstić information content (AvgIpc) is 3.44. The zero-order valence-electron chi connectivity index (χ0n) is 23.5. The molecule has 0 bridgehead atoms. The number of fused-ring (bicyclic) bond motifs is 1. The van der Waals surface area contributed by atoms with Crippen LogP contribution < -0.4 is 4.74 Å². The van der Waals surface area contributed by atoms with Crippen LogP contribution >= 0.6 is 0 Å². The van der Waals surface area contributed by atoms with Crippen LogP contribution in [0.3, 0.4) is 0 Å². The molecule has 0 spiro atoms. The Balaban J connectivity index is 1.60. The number of carbonyl (C=O) groups is 1. The third-order valence-electron chi connectivity index (χ3n) is 7.91. The largest absolute Gasteiger partial charge is 0.487 e. The van der Waals surface area contributed by atoms with Crippen molar-refractivity contribution in [3.8, 4) is 17.6 Å². The summed E-state index contributed by atoms with van der Waals surface area (Å²) in [6.45, 7) is 4.67. The van der Waals surface area contributed by atoms with Crippen LogP contribution in [0, 0.1) is 23.7 Å². The van der Waals surface area contributed by atoms with Gasteiger partial charge in [0.05, 0.1) is 12.2 Å². The average molecular weight is 569 g/mol. The Hall–Kier alpha value is -2.90. The zero-order chi connectivity index (χ0) is 28.9.